The van der Waals surface area contributed by atoms with Gasteiger partial charge in [0, 0.05) is 26.2 Å². The molecule has 0 spiro atoms. The third kappa shape index (κ3) is 3.61. The molecule has 0 bridgehead atoms. The SMILES string of the molecule is CCCCC1(N2CCN(c3cccc(F)n3)CC2)NC(=O)CS1. The monoisotopic (exact) mass is 338 g/mol. The highest BCUT2D eigenvalue weighted by atomic mass is 32.2. The Morgan fingerprint density at radius 2 is 2.13 bits per heavy atom. The van der Waals surface area contributed by atoms with Crippen LogP contribution in [0.4, 0.5) is 10.2 Å². The molecule has 0 radical (unpaired) electrons. The van der Waals surface area contributed by atoms with Crippen LogP contribution in [0.2, 0.25) is 0 Å². The van der Waals surface area contributed by atoms with Crippen molar-refractivity contribution in [1.29, 1.82) is 0 Å². The van der Waals surface area contributed by atoms with E-state index in [1.54, 1.807) is 17.8 Å². The van der Waals surface area contributed by atoms with Crippen LogP contribution in [-0.4, -0.2) is 52.7 Å². The molecule has 23 heavy (non-hydrogen) atoms. The van der Waals surface area contributed by atoms with Gasteiger partial charge in [-0.25, -0.2) is 4.98 Å². The van der Waals surface area contributed by atoms with Gasteiger partial charge in [-0.3, -0.25) is 9.69 Å². The summed E-state index contributed by atoms with van der Waals surface area (Å²) in [4.78, 5) is 20.0. The first kappa shape index (κ1) is 16.5. The highest BCUT2D eigenvalue weighted by Gasteiger charge is 2.44. The number of carbonyl (C=O) groups excluding carboxylic acids is 1. The van der Waals surface area contributed by atoms with Gasteiger partial charge < -0.3 is 10.2 Å². The number of rotatable bonds is 5. The number of aromatic nitrogens is 1. The van der Waals surface area contributed by atoms with Crippen LogP contribution in [0.3, 0.4) is 0 Å². The van der Waals surface area contributed by atoms with Crippen molar-refractivity contribution in [2.45, 2.75) is 31.2 Å². The number of pyridine rings is 1. The lowest BCUT2D eigenvalue weighted by atomic mass is 10.1. The van der Waals surface area contributed by atoms with Gasteiger partial charge in [0.15, 0.2) is 0 Å². The molecule has 1 N–H and O–H groups in total. The van der Waals surface area contributed by atoms with Crippen molar-refractivity contribution in [3.8, 4) is 0 Å². The van der Waals surface area contributed by atoms with E-state index >= 15 is 0 Å². The number of piperazine rings is 1. The molecule has 126 valence electrons. The summed E-state index contributed by atoms with van der Waals surface area (Å²) in [6, 6.07) is 4.90. The van der Waals surface area contributed by atoms with Gasteiger partial charge in [0.25, 0.3) is 0 Å². The lowest BCUT2D eigenvalue weighted by molar-refractivity contribution is -0.120. The number of carbonyl (C=O) groups is 1. The maximum atomic E-state index is 13.3. The molecule has 3 rings (SSSR count). The zero-order valence-electron chi connectivity index (χ0n) is 13.4. The van der Waals surface area contributed by atoms with Crippen LogP contribution in [0, 0.1) is 5.95 Å². The number of anilines is 1. The normalized spacial score (nSPS) is 25.7. The van der Waals surface area contributed by atoms with Gasteiger partial charge in [-0.05, 0) is 25.0 Å². The summed E-state index contributed by atoms with van der Waals surface area (Å²) >= 11 is 1.72. The Morgan fingerprint density at radius 1 is 1.35 bits per heavy atom. The molecule has 0 aliphatic carbocycles. The number of thioether (sulfide) groups is 1. The number of hydrogen-bond acceptors (Lipinski definition) is 5. The van der Waals surface area contributed by atoms with Crippen LogP contribution in [0.1, 0.15) is 26.2 Å². The van der Waals surface area contributed by atoms with E-state index in [0.29, 0.717) is 11.6 Å². The molecule has 1 aromatic heterocycles. The molecule has 2 aliphatic rings. The van der Waals surface area contributed by atoms with Crippen LogP contribution in [0.15, 0.2) is 18.2 Å². The highest BCUT2D eigenvalue weighted by molar-refractivity contribution is 8.01. The van der Waals surface area contributed by atoms with Crippen molar-refractivity contribution >= 4 is 23.5 Å². The van der Waals surface area contributed by atoms with E-state index in [-0.39, 0.29) is 10.9 Å². The Bertz CT molecular complexity index is 565. The first-order valence-corrected chi connectivity index (χ1v) is 9.19. The third-order valence-electron chi connectivity index (χ3n) is 4.46. The van der Waals surface area contributed by atoms with Crippen molar-refractivity contribution in [1.82, 2.24) is 15.2 Å². The second-order valence-electron chi connectivity index (χ2n) is 6.02. The fourth-order valence-electron chi connectivity index (χ4n) is 3.22. The molecule has 0 aromatic carbocycles. The average molecular weight is 338 g/mol. The zero-order chi connectivity index (χ0) is 16.3. The quantitative estimate of drug-likeness (QED) is 0.833. The van der Waals surface area contributed by atoms with Gasteiger partial charge in [-0.1, -0.05) is 19.4 Å². The van der Waals surface area contributed by atoms with Crippen molar-refractivity contribution in [2.75, 3.05) is 36.8 Å². The van der Waals surface area contributed by atoms with E-state index < -0.39 is 5.95 Å². The number of halogens is 1. The Labute approximate surface area is 140 Å². The smallest absolute Gasteiger partial charge is 0.232 e. The van der Waals surface area contributed by atoms with Crippen LogP contribution >= 0.6 is 11.8 Å². The lowest BCUT2D eigenvalue weighted by Gasteiger charge is -2.45. The summed E-state index contributed by atoms with van der Waals surface area (Å²) in [5.74, 6) is 0.911. The molecule has 7 heteroatoms. The Balaban J connectivity index is 1.66. The summed E-state index contributed by atoms with van der Waals surface area (Å²) in [5, 5.41) is 3.19. The maximum Gasteiger partial charge on any atom is 0.232 e. The predicted molar refractivity (Wildman–Crippen MR) is 90.8 cm³/mol. The average Bonchev–Trinajstić information content (AvgIpc) is 2.95. The zero-order valence-corrected chi connectivity index (χ0v) is 14.2. The van der Waals surface area contributed by atoms with Crippen LogP contribution in [0.25, 0.3) is 0 Å². The first-order valence-electron chi connectivity index (χ1n) is 8.20. The molecule has 1 atom stereocenters. The molecule has 2 aliphatic heterocycles. The van der Waals surface area contributed by atoms with Crippen molar-refractivity contribution in [3.05, 3.63) is 24.1 Å². The number of nitrogens with zero attached hydrogens (tertiary/aromatic N) is 3. The van der Waals surface area contributed by atoms with Gasteiger partial charge in [-0.2, -0.15) is 4.39 Å². The Morgan fingerprint density at radius 3 is 2.74 bits per heavy atom. The minimum atomic E-state index is -0.442. The lowest BCUT2D eigenvalue weighted by Crippen LogP contribution is -2.60. The molecule has 2 fully saturated rings. The van der Waals surface area contributed by atoms with E-state index in [1.807, 2.05) is 6.07 Å². The Kier molecular flexibility index (Phi) is 5.06. The first-order chi connectivity index (χ1) is 11.1. The van der Waals surface area contributed by atoms with E-state index in [2.05, 4.69) is 27.0 Å². The standard InChI is InChI=1S/C16H23FN4OS/c1-2-3-7-16(19-15(22)12-23-16)21-10-8-20(9-11-21)14-6-4-5-13(17)18-14/h4-6H,2-3,7-12H2,1H3,(H,19,22). The van der Waals surface area contributed by atoms with Gasteiger partial charge in [0.05, 0.1) is 5.75 Å². The number of hydrogen-bond donors (Lipinski definition) is 1. The maximum absolute atomic E-state index is 13.3. The summed E-state index contributed by atoms with van der Waals surface area (Å²) in [6.07, 6.45) is 3.18. The molecule has 1 aromatic rings. The molecular weight excluding hydrogens is 315 g/mol. The second-order valence-corrected chi connectivity index (χ2v) is 7.27. The van der Waals surface area contributed by atoms with E-state index in [1.165, 1.54) is 6.07 Å². The second kappa shape index (κ2) is 7.05. The molecule has 1 amide bonds. The van der Waals surface area contributed by atoms with Crippen molar-refractivity contribution < 1.29 is 9.18 Å². The van der Waals surface area contributed by atoms with Crippen molar-refractivity contribution in [2.24, 2.45) is 0 Å². The molecule has 3 heterocycles. The molecular formula is C16H23FN4OS. The van der Waals surface area contributed by atoms with E-state index in [4.69, 9.17) is 0 Å². The van der Waals surface area contributed by atoms with Crippen LogP contribution in [-0.2, 0) is 4.79 Å². The summed E-state index contributed by atoms with van der Waals surface area (Å²) < 4.78 is 13.3. The van der Waals surface area contributed by atoms with Gasteiger partial charge in [0.2, 0.25) is 11.9 Å². The summed E-state index contributed by atoms with van der Waals surface area (Å²) in [7, 11) is 0. The summed E-state index contributed by atoms with van der Waals surface area (Å²) in [5.41, 5.74) is 0. The van der Waals surface area contributed by atoms with E-state index in [0.717, 1.165) is 45.4 Å². The minimum Gasteiger partial charge on any atom is -0.354 e. The third-order valence-corrected chi connectivity index (χ3v) is 5.91. The fraction of sp³-hybridized carbons (Fsp3) is 0.625. The Hall–Kier alpha value is -1.34. The van der Waals surface area contributed by atoms with Gasteiger partial charge >= 0.3 is 0 Å². The molecule has 2 saturated heterocycles. The molecule has 5 nitrogen and oxygen atoms in total. The number of amides is 1. The molecule has 1 unspecified atom stereocenters. The topological polar surface area (TPSA) is 48.5 Å². The highest BCUT2D eigenvalue weighted by Crippen LogP contribution is 2.37. The number of nitrogens with one attached hydrogen (secondary N) is 1. The fourth-order valence-corrected chi connectivity index (χ4v) is 4.51. The number of unbranched alkanes of at least 4 members (excludes halogenated alkanes) is 1. The van der Waals surface area contributed by atoms with E-state index in [9.17, 15) is 9.18 Å². The van der Waals surface area contributed by atoms with Crippen LogP contribution in [0.5, 0.6) is 0 Å². The van der Waals surface area contributed by atoms with Crippen LogP contribution < -0.4 is 10.2 Å². The van der Waals surface area contributed by atoms with Gasteiger partial charge in [-0.15, -0.1) is 11.8 Å². The minimum absolute atomic E-state index is 0.125. The predicted octanol–water partition coefficient (Wildman–Crippen LogP) is 2.05. The molecule has 0 saturated carbocycles. The van der Waals surface area contributed by atoms with Gasteiger partial charge in [0.1, 0.15) is 10.8 Å². The summed E-state index contributed by atoms with van der Waals surface area (Å²) in [6.45, 7) is 5.44. The van der Waals surface area contributed by atoms with Crippen molar-refractivity contribution in [3.63, 3.8) is 0 Å². The largest absolute Gasteiger partial charge is 0.354 e.